The van der Waals surface area contributed by atoms with Crippen molar-refractivity contribution in [2.75, 3.05) is 38.7 Å². The average molecular weight is 262 g/mol. The highest BCUT2D eigenvalue weighted by Crippen LogP contribution is 2.25. The molecule has 0 spiro atoms. The fourth-order valence-corrected chi connectivity index (χ4v) is 2.50. The first-order valence-corrected chi connectivity index (χ1v) is 6.85. The van der Waals surface area contributed by atoms with E-state index in [9.17, 15) is 4.79 Å². The van der Waals surface area contributed by atoms with E-state index in [0.717, 1.165) is 25.2 Å². The molecule has 0 aliphatic carbocycles. The normalized spacial score (nSPS) is 17.5. The smallest absolute Gasteiger partial charge is 0.227 e. The van der Waals surface area contributed by atoms with Gasteiger partial charge in [-0.15, -0.1) is 0 Å². The van der Waals surface area contributed by atoms with Crippen molar-refractivity contribution >= 4 is 11.6 Å². The molecule has 0 aromatic heterocycles. The maximum atomic E-state index is 12.5. The second-order valence-corrected chi connectivity index (χ2v) is 4.85. The molecule has 0 fully saturated rings. The van der Waals surface area contributed by atoms with E-state index in [-0.39, 0.29) is 11.8 Å². The molecule has 1 aromatic rings. The molecule has 1 heterocycles. The van der Waals surface area contributed by atoms with Crippen molar-refractivity contribution in [1.29, 1.82) is 0 Å². The summed E-state index contributed by atoms with van der Waals surface area (Å²) in [6, 6.07) is 8.20. The predicted octanol–water partition coefficient (Wildman–Crippen LogP) is 1.77. The number of benzene rings is 1. The lowest BCUT2D eigenvalue weighted by Gasteiger charge is -2.30. The fourth-order valence-electron chi connectivity index (χ4n) is 2.50. The van der Waals surface area contributed by atoms with Crippen molar-refractivity contribution in [3.05, 3.63) is 29.8 Å². The van der Waals surface area contributed by atoms with Crippen molar-refractivity contribution < 1.29 is 9.53 Å². The lowest BCUT2D eigenvalue weighted by Crippen LogP contribution is -2.42. The van der Waals surface area contributed by atoms with Crippen LogP contribution < -0.4 is 5.32 Å². The van der Waals surface area contributed by atoms with E-state index >= 15 is 0 Å². The molecule has 1 atom stereocenters. The van der Waals surface area contributed by atoms with Crippen molar-refractivity contribution in [2.45, 2.75) is 13.3 Å². The van der Waals surface area contributed by atoms with Crippen LogP contribution in [0.2, 0.25) is 0 Å². The van der Waals surface area contributed by atoms with Gasteiger partial charge in [-0.2, -0.15) is 0 Å². The SMILES string of the molecule is CCN(CCOC)C(=O)C1CNc2ccccc2C1. The molecule has 1 aliphatic heterocycles. The number of rotatable bonds is 5. The summed E-state index contributed by atoms with van der Waals surface area (Å²) in [6.45, 7) is 4.73. The van der Waals surface area contributed by atoms with Gasteiger partial charge in [0.2, 0.25) is 5.91 Å². The van der Waals surface area contributed by atoms with Crippen molar-refractivity contribution in [3.63, 3.8) is 0 Å². The van der Waals surface area contributed by atoms with Crippen molar-refractivity contribution in [3.8, 4) is 0 Å². The van der Waals surface area contributed by atoms with Gasteiger partial charge in [0.05, 0.1) is 12.5 Å². The minimum absolute atomic E-state index is 0.0340. The minimum Gasteiger partial charge on any atom is -0.384 e. The molecule has 104 valence electrons. The molecular formula is C15H22N2O2. The molecule has 4 heteroatoms. The molecule has 1 unspecified atom stereocenters. The topological polar surface area (TPSA) is 41.6 Å². The zero-order valence-corrected chi connectivity index (χ0v) is 11.7. The number of ether oxygens (including phenoxy) is 1. The number of hydrogen-bond donors (Lipinski definition) is 1. The predicted molar refractivity (Wildman–Crippen MR) is 76.3 cm³/mol. The lowest BCUT2D eigenvalue weighted by molar-refractivity contribution is -0.135. The third-order valence-electron chi connectivity index (χ3n) is 3.63. The molecule has 1 aromatic carbocycles. The Morgan fingerprint density at radius 1 is 1.47 bits per heavy atom. The standard InChI is InChI=1S/C15H22N2O2/c1-3-17(8-9-19-2)15(18)13-10-12-6-4-5-7-14(12)16-11-13/h4-7,13,16H,3,8-11H2,1-2H3. The number of carbonyl (C=O) groups excluding carboxylic acids is 1. The van der Waals surface area contributed by atoms with Gasteiger partial charge in [0, 0.05) is 32.4 Å². The Balaban J connectivity index is 2.01. The second-order valence-electron chi connectivity index (χ2n) is 4.85. The minimum atomic E-state index is 0.0340. The van der Waals surface area contributed by atoms with E-state index in [2.05, 4.69) is 17.4 Å². The van der Waals surface area contributed by atoms with Gasteiger partial charge in [0.15, 0.2) is 0 Å². The number of amides is 1. The monoisotopic (exact) mass is 262 g/mol. The lowest BCUT2D eigenvalue weighted by atomic mass is 9.93. The van der Waals surface area contributed by atoms with Crippen LogP contribution in [0.4, 0.5) is 5.69 Å². The quantitative estimate of drug-likeness (QED) is 0.879. The Morgan fingerprint density at radius 2 is 2.26 bits per heavy atom. The summed E-state index contributed by atoms with van der Waals surface area (Å²) in [7, 11) is 1.66. The summed E-state index contributed by atoms with van der Waals surface area (Å²) in [5.74, 6) is 0.258. The molecule has 2 rings (SSSR count). The van der Waals surface area contributed by atoms with Crippen LogP contribution in [0.1, 0.15) is 12.5 Å². The van der Waals surface area contributed by atoms with Gasteiger partial charge in [0.1, 0.15) is 0 Å². The van der Waals surface area contributed by atoms with E-state index in [1.165, 1.54) is 5.56 Å². The van der Waals surface area contributed by atoms with E-state index in [1.54, 1.807) is 7.11 Å². The van der Waals surface area contributed by atoms with Crippen LogP contribution in [0.3, 0.4) is 0 Å². The highest BCUT2D eigenvalue weighted by molar-refractivity contribution is 5.81. The van der Waals surface area contributed by atoms with Crippen LogP contribution in [0.5, 0.6) is 0 Å². The molecular weight excluding hydrogens is 240 g/mol. The summed E-state index contributed by atoms with van der Waals surface area (Å²) < 4.78 is 5.06. The zero-order valence-electron chi connectivity index (χ0n) is 11.7. The maximum Gasteiger partial charge on any atom is 0.227 e. The zero-order chi connectivity index (χ0) is 13.7. The first kappa shape index (κ1) is 13.9. The van der Waals surface area contributed by atoms with Crippen molar-refractivity contribution in [2.24, 2.45) is 5.92 Å². The molecule has 1 amide bonds. The number of nitrogens with one attached hydrogen (secondary N) is 1. The Bertz CT molecular complexity index is 434. The molecule has 0 radical (unpaired) electrons. The number of hydrogen-bond acceptors (Lipinski definition) is 3. The van der Waals surface area contributed by atoms with E-state index in [1.807, 2.05) is 24.0 Å². The molecule has 1 aliphatic rings. The third-order valence-corrected chi connectivity index (χ3v) is 3.63. The molecule has 0 bridgehead atoms. The van der Waals surface area contributed by atoms with Gasteiger partial charge in [-0.05, 0) is 25.0 Å². The Morgan fingerprint density at radius 3 is 3.00 bits per heavy atom. The van der Waals surface area contributed by atoms with Gasteiger partial charge in [-0.1, -0.05) is 18.2 Å². The second kappa shape index (κ2) is 6.57. The van der Waals surface area contributed by atoms with E-state index < -0.39 is 0 Å². The number of nitrogens with zero attached hydrogens (tertiary/aromatic N) is 1. The van der Waals surface area contributed by atoms with Crippen LogP contribution in [-0.2, 0) is 16.0 Å². The van der Waals surface area contributed by atoms with E-state index in [0.29, 0.717) is 13.2 Å². The van der Waals surface area contributed by atoms with Crippen LogP contribution in [0.25, 0.3) is 0 Å². The van der Waals surface area contributed by atoms with Gasteiger partial charge < -0.3 is 15.0 Å². The molecule has 4 nitrogen and oxygen atoms in total. The maximum absolute atomic E-state index is 12.5. The fraction of sp³-hybridized carbons (Fsp3) is 0.533. The van der Waals surface area contributed by atoms with Gasteiger partial charge in [-0.25, -0.2) is 0 Å². The Labute approximate surface area is 114 Å². The number of anilines is 1. The van der Waals surface area contributed by atoms with Crippen LogP contribution >= 0.6 is 0 Å². The first-order valence-electron chi connectivity index (χ1n) is 6.85. The summed E-state index contributed by atoms with van der Waals surface area (Å²) >= 11 is 0. The molecule has 19 heavy (non-hydrogen) atoms. The number of likely N-dealkylation sites (N-methyl/N-ethyl adjacent to an activating group) is 1. The molecule has 0 saturated heterocycles. The highest BCUT2D eigenvalue weighted by atomic mass is 16.5. The Hall–Kier alpha value is -1.55. The van der Waals surface area contributed by atoms with Crippen molar-refractivity contribution in [1.82, 2.24) is 4.90 Å². The average Bonchev–Trinajstić information content (AvgIpc) is 2.47. The van der Waals surface area contributed by atoms with Crippen LogP contribution in [0.15, 0.2) is 24.3 Å². The Kier molecular flexibility index (Phi) is 4.80. The van der Waals surface area contributed by atoms with Gasteiger partial charge in [0.25, 0.3) is 0 Å². The van der Waals surface area contributed by atoms with Crippen LogP contribution in [-0.4, -0.2) is 44.2 Å². The van der Waals surface area contributed by atoms with E-state index in [4.69, 9.17) is 4.74 Å². The van der Waals surface area contributed by atoms with Crippen LogP contribution in [0, 0.1) is 5.92 Å². The number of methoxy groups -OCH3 is 1. The van der Waals surface area contributed by atoms with Gasteiger partial charge in [-0.3, -0.25) is 4.79 Å². The highest BCUT2D eigenvalue weighted by Gasteiger charge is 2.27. The summed E-state index contributed by atoms with van der Waals surface area (Å²) in [5.41, 5.74) is 2.39. The molecule has 0 saturated carbocycles. The third kappa shape index (κ3) is 3.26. The summed E-state index contributed by atoms with van der Waals surface area (Å²) in [6.07, 6.45) is 0.825. The number of para-hydroxylation sites is 1. The van der Waals surface area contributed by atoms with Gasteiger partial charge >= 0.3 is 0 Å². The number of fused-ring (bicyclic) bond motifs is 1. The summed E-state index contributed by atoms with van der Waals surface area (Å²) in [5, 5.41) is 3.35. The largest absolute Gasteiger partial charge is 0.384 e. The number of carbonyl (C=O) groups is 1. The molecule has 1 N–H and O–H groups in total. The first-order chi connectivity index (χ1) is 9.26. The summed E-state index contributed by atoms with van der Waals surface area (Å²) in [4.78, 5) is 14.4.